The Morgan fingerprint density at radius 2 is 1.68 bits per heavy atom. The molecule has 1 heterocycles. The number of alkyl halides is 3. The van der Waals surface area contributed by atoms with Gasteiger partial charge in [0.1, 0.15) is 23.4 Å². The molecule has 0 spiro atoms. The van der Waals surface area contributed by atoms with E-state index in [-0.39, 0.29) is 39.2 Å². The molecule has 0 radical (unpaired) electrons. The first-order valence-corrected chi connectivity index (χ1v) is 11.1. The van der Waals surface area contributed by atoms with Crippen molar-refractivity contribution in [2.75, 3.05) is 0 Å². The van der Waals surface area contributed by atoms with Crippen molar-refractivity contribution in [2.24, 2.45) is 0 Å². The number of ketones is 1. The van der Waals surface area contributed by atoms with E-state index in [0.717, 1.165) is 24.3 Å². The Morgan fingerprint density at radius 1 is 1.00 bits per heavy atom. The van der Waals surface area contributed by atoms with E-state index in [2.05, 4.69) is 4.74 Å². The first-order valence-electron chi connectivity index (χ1n) is 10.7. The van der Waals surface area contributed by atoms with Gasteiger partial charge in [-0.2, -0.15) is 0 Å². The monoisotopic (exact) mass is 534 g/mol. The average molecular weight is 535 g/mol. The van der Waals surface area contributed by atoms with Crippen LogP contribution in [-0.4, -0.2) is 28.8 Å². The second kappa shape index (κ2) is 9.78. The van der Waals surface area contributed by atoms with Crippen LogP contribution in [0.1, 0.15) is 28.5 Å². The summed E-state index contributed by atoms with van der Waals surface area (Å²) >= 11 is 5.92. The Labute approximate surface area is 212 Å². The highest BCUT2D eigenvalue weighted by Crippen LogP contribution is 2.36. The van der Waals surface area contributed by atoms with Crippen LogP contribution in [0.4, 0.5) is 17.6 Å². The summed E-state index contributed by atoms with van der Waals surface area (Å²) in [4.78, 5) is 24.5. The number of carboxylic acids is 1. The van der Waals surface area contributed by atoms with Gasteiger partial charge in [0.2, 0.25) is 0 Å². The van der Waals surface area contributed by atoms with Gasteiger partial charge in [0.15, 0.2) is 5.78 Å². The Balaban J connectivity index is 1.95. The molecule has 0 aliphatic carbocycles. The molecule has 192 valence electrons. The summed E-state index contributed by atoms with van der Waals surface area (Å²) in [5.41, 5.74) is 0.894. The van der Waals surface area contributed by atoms with E-state index in [1.54, 1.807) is 6.92 Å². The lowest BCUT2D eigenvalue weighted by Crippen LogP contribution is -2.37. The maximum atomic E-state index is 14.6. The molecule has 1 aromatic heterocycles. The van der Waals surface area contributed by atoms with Crippen LogP contribution in [0.25, 0.3) is 16.6 Å². The zero-order valence-electron chi connectivity index (χ0n) is 19.2. The van der Waals surface area contributed by atoms with Crippen LogP contribution in [-0.2, 0) is 4.79 Å². The van der Waals surface area contributed by atoms with Crippen molar-refractivity contribution in [3.05, 3.63) is 88.3 Å². The number of carbonyl (C=O) groups is 2. The van der Waals surface area contributed by atoms with E-state index in [9.17, 15) is 32.3 Å². The van der Waals surface area contributed by atoms with Crippen LogP contribution in [0.3, 0.4) is 0 Å². The Morgan fingerprint density at radius 3 is 2.30 bits per heavy atom. The van der Waals surface area contributed by atoms with Crippen LogP contribution in [0.5, 0.6) is 11.5 Å². The van der Waals surface area contributed by atoms with Gasteiger partial charge in [-0.15, -0.1) is 13.2 Å². The van der Waals surface area contributed by atoms with Gasteiger partial charge in [0.25, 0.3) is 0 Å². The predicted octanol–water partition coefficient (Wildman–Crippen LogP) is 5.38. The van der Waals surface area contributed by atoms with Crippen LogP contribution < -0.4 is 14.6 Å². The number of hydrogen-bond donors (Lipinski definition) is 0. The molecule has 0 aliphatic heterocycles. The minimum Gasteiger partial charge on any atom is -0.546 e. The van der Waals surface area contributed by atoms with Crippen molar-refractivity contribution in [2.45, 2.75) is 26.3 Å². The van der Waals surface area contributed by atoms with Crippen molar-refractivity contribution in [1.82, 2.24) is 4.57 Å². The average Bonchev–Trinajstić information content (AvgIpc) is 3.08. The van der Waals surface area contributed by atoms with E-state index in [4.69, 9.17) is 16.3 Å². The zero-order valence-corrected chi connectivity index (χ0v) is 20.0. The van der Waals surface area contributed by atoms with E-state index in [1.807, 2.05) is 0 Å². The molecule has 0 fully saturated rings. The summed E-state index contributed by atoms with van der Waals surface area (Å²) in [6.45, 7) is 2.74. The normalized spacial score (nSPS) is 12.4. The number of aliphatic carboxylic acids is 1. The molecule has 3 aromatic carbocycles. The molecular formula is C26H17ClF4NO5-. The van der Waals surface area contributed by atoms with Crippen molar-refractivity contribution in [1.29, 1.82) is 0 Å². The fourth-order valence-electron chi connectivity index (χ4n) is 3.95. The number of halogens is 5. The molecule has 0 bridgehead atoms. The highest BCUT2D eigenvalue weighted by Gasteiger charge is 2.32. The SMILES string of the molecule is Cc1c(C(=O)c2ccc(Cl)cc2)c2ccc(OC(F)(F)F)cc2n1-c1cc(F)cc(O[C@H](C)C(=O)[O-])c1. The van der Waals surface area contributed by atoms with Gasteiger partial charge >= 0.3 is 6.36 Å². The van der Waals surface area contributed by atoms with Crippen molar-refractivity contribution < 1.29 is 41.7 Å². The third-order valence-corrected chi connectivity index (χ3v) is 5.75. The summed E-state index contributed by atoms with van der Waals surface area (Å²) in [6.07, 6.45) is -6.38. The van der Waals surface area contributed by atoms with Gasteiger partial charge < -0.3 is 23.9 Å². The van der Waals surface area contributed by atoms with E-state index in [0.29, 0.717) is 5.02 Å². The maximum Gasteiger partial charge on any atom is 0.573 e. The fourth-order valence-corrected chi connectivity index (χ4v) is 4.08. The lowest BCUT2D eigenvalue weighted by Gasteiger charge is -2.17. The summed E-state index contributed by atoms with van der Waals surface area (Å²) < 4.78 is 63.9. The molecule has 0 aliphatic rings. The van der Waals surface area contributed by atoms with Crippen LogP contribution >= 0.6 is 11.6 Å². The number of ether oxygens (including phenoxy) is 2. The quantitative estimate of drug-likeness (QED) is 0.235. The highest BCUT2D eigenvalue weighted by atomic mass is 35.5. The molecule has 0 amide bonds. The van der Waals surface area contributed by atoms with E-state index < -0.39 is 35.8 Å². The molecule has 0 saturated heterocycles. The van der Waals surface area contributed by atoms with Gasteiger partial charge in [-0.25, -0.2) is 4.39 Å². The van der Waals surface area contributed by atoms with Crippen LogP contribution in [0, 0.1) is 12.7 Å². The Hall–Kier alpha value is -4.05. The number of nitrogens with zero attached hydrogens (tertiary/aromatic N) is 1. The molecule has 11 heteroatoms. The Kier molecular flexibility index (Phi) is 6.88. The lowest BCUT2D eigenvalue weighted by atomic mass is 10.0. The molecule has 0 unspecified atom stereocenters. The topological polar surface area (TPSA) is 80.6 Å². The predicted molar refractivity (Wildman–Crippen MR) is 125 cm³/mol. The minimum atomic E-state index is -4.97. The summed E-state index contributed by atoms with van der Waals surface area (Å²) in [5.74, 6) is -3.50. The molecular weight excluding hydrogens is 518 g/mol. The number of rotatable bonds is 7. The first-order chi connectivity index (χ1) is 17.3. The van der Waals surface area contributed by atoms with Crippen molar-refractivity contribution in [3.63, 3.8) is 0 Å². The molecule has 0 N–H and O–H groups in total. The number of benzene rings is 3. The fraction of sp³-hybridized carbons (Fsp3) is 0.154. The largest absolute Gasteiger partial charge is 0.573 e. The molecule has 1 atom stereocenters. The van der Waals surface area contributed by atoms with Crippen molar-refractivity contribution in [3.8, 4) is 17.2 Å². The van der Waals surface area contributed by atoms with E-state index >= 15 is 0 Å². The van der Waals surface area contributed by atoms with E-state index in [1.165, 1.54) is 47.9 Å². The molecule has 6 nitrogen and oxygen atoms in total. The molecule has 0 saturated carbocycles. The number of aromatic nitrogens is 1. The second-order valence-electron chi connectivity index (χ2n) is 8.08. The number of hydrogen-bond acceptors (Lipinski definition) is 5. The summed E-state index contributed by atoms with van der Waals surface area (Å²) in [6, 6.07) is 12.8. The third kappa shape index (κ3) is 5.54. The number of carbonyl (C=O) groups excluding carboxylic acids is 2. The zero-order chi connectivity index (χ0) is 27.1. The maximum absolute atomic E-state index is 14.6. The van der Waals surface area contributed by atoms with Crippen LogP contribution in [0.15, 0.2) is 60.7 Å². The van der Waals surface area contributed by atoms with Crippen molar-refractivity contribution >= 4 is 34.3 Å². The molecule has 4 rings (SSSR count). The Bertz CT molecular complexity index is 1510. The van der Waals surface area contributed by atoms with Crippen LogP contribution in [0.2, 0.25) is 5.02 Å². The smallest absolute Gasteiger partial charge is 0.546 e. The van der Waals surface area contributed by atoms with Gasteiger partial charge in [-0.05, 0) is 56.3 Å². The second-order valence-corrected chi connectivity index (χ2v) is 8.52. The summed E-state index contributed by atoms with van der Waals surface area (Å²) in [5, 5.41) is 11.8. The minimum absolute atomic E-state index is 0.0716. The summed E-state index contributed by atoms with van der Waals surface area (Å²) in [7, 11) is 0. The van der Waals surface area contributed by atoms with Gasteiger partial charge in [-0.3, -0.25) is 4.79 Å². The lowest BCUT2D eigenvalue weighted by molar-refractivity contribution is -0.312. The first kappa shape index (κ1) is 26.0. The third-order valence-electron chi connectivity index (χ3n) is 5.50. The molecule has 37 heavy (non-hydrogen) atoms. The number of fused-ring (bicyclic) bond motifs is 1. The highest BCUT2D eigenvalue weighted by molar-refractivity contribution is 6.30. The van der Waals surface area contributed by atoms with Gasteiger partial charge in [0, 0.05) is 39.9 Å². The molecule has 4 aromatic rings. The van der Waals surface area contributed by atoms with Gasteiger partial charge in [-0.1, -0.05) is 11.6 Å². The standard InChI is InChI=1S/C26H18ClF4NO5/c1-13-23(24(33)15-3-5-16(27)6-4-15)21-8-7-19(37-26(29,30)31)12-22(21)32(13)18-9-17(28)10-20(11-18)36-14(2)25(34)35/h3-12,14H,1-2H3,(H,34,35)/p-1/t14-/m1/s1. The number of carboxylic acid groups (broad SMARTS) is 1. The van der Waals surface area contributed by atoms with Gasteiger partial charge in [0.05, 0.1) is 22.7 Å².